The molecule has 2 aromatic rings. The summed E-state index contributed by atoms with van der Waals surface area (Å²) >= 11 is 0. The van der Waals surface area contributed by atoms with Crippen molar-refractivity contribution in [1.82, 2.24) is 0 Å². The van der Waals surface area contributed by atoms with Crippen molar-refractivity contribution < 1.29 is 13.5 Å². The Bertz CT molecular complexity index is 813. The minimum absolute atomic E-state index is 0.207. The summed E-state index contributed by atoms with van der Waals surface area (Å²) in [6.07, 6.45) is 4.21. The molecular formula is C19H23NO3S. The molecule has 0 atom stereocenters. The normalized spacial score (nSPS) is 14.5. The molecule has 1 aliphatic heterocycles. The van der Waals surface area contributed by atoms with Crippen LogP contribution in [0.15, 0.2) is 47.4 Å². The number of hydrogen-bond donors (Lipinski definition) is 1. The van der Waals surface area contributed by atoms with Gasteiger partial charge < -0.3 is 10.0 Å². The second kappa shape index (κ2) is 6.95. The molecule has 0 bridgehead atoms. The van der Waals surface area contributed by atoms with E-state index in [0.717, 1.165) is 43.5 Å². The maximum Gasteiger partial charge on any atom is 0.175 e. The average Bonchev–Trinajstić information content (AvgIpc) is 2.59. The van der Waals surface area contributed by atoms with Crippen LogP contribution < -0.4 is 4.90 Å². The van der Waals surface area contributed by atoms with Crippen LogP contribution in [0.4, 0.5) is 5.69 Å². The van der Waals surface area contributed by atoms with E-state index < -0.39 is 9.84 Å². The third kappa shape index (κ3) is 3.62. The first-order valence-electron chi connectivity index (χ1n) is 8.28. The van der Waals surface area contributed by atoms with Gasteiger partial charge in [-0.1, -0.05) is 24.3 Å². The first-order valence-corrected chi connectivity index (χ1v) is 10.2. The molecule has 5 heteroatoms. The third-order valence-electron chi connectivity index (χ3n) is 4.50. The van der Waals surface area contributed by atoms with Crippen LogP contribution in [0.5, 0.6) is 0 Å². The fourth-order valence-electron chi connectivity index (χ4n) is 3.22. The van der Waals surface area contributed by atoms with Crippen LogP contribution in [-0.4, -0.2) is 39.5 Å². The standard InChI is InChI=1S/C19H23NO3S/c1-24(22,23)18-9-7-15(8-10-18)17-6-5-16-4-2-11-20(12-3-13-21)19(16)14-17/h5-10,14,21H,2-4,11-13H2,1H3. The Labute approximate surface area is 143 Å². The Kier molecular flexibility index (Phi) is 4.92. The molecule has 1 N–H and O–H groups in total. The van der Waals surface area contributed by atoms with Crippen molar-refractivity contribution in [3.8, 4) is 11.1 Å². The van der Waals surface area contributed by atoms with E-state index in [9.17, 15) is 8.42 Å². The van der Waals surface area contributed by atoms with Crippen molar-refractivity contribution >= 4 is 15.5 Å². The van der Waals surface area contributed by atoms with Gasteiger partial charge in [-0.05, 0) is 54.2 Å². The third-order valence-corrected chi connectivity index (χ3v) is 5.63. The molecule has 2 aromatic carbocycles. The molecule has 0 aromatic heterocycles. The Hall–Kier alpha value is -1.85. The lowest BCUT2D eigenvalue weighted by atomic mass is 9.96. The van der Waals surface area contributed by atoms with Crippen LogP contribution in [0.25, 0.3) is 11.1 Å². The summed E-state index contributed by atoms with van der Waals surface area (Å²) in [6.45, 7) is 2.09. The molecule has 3 rings (SSSR count). The summed E-state index contributed by atoms with van der Waals surface area (Å²) in [6, 6.07) is 13.5. The van der Waals surface area contributed by atoms with Crippen molar-refractivity contribution in [3.05, 3.63) is 48.0 Å². The highest BCUT2D eigenvalue weighted by atomic mass is 32.2. The Balaban J connectivity index is 1.92. The van der Waals surface area contributed by atoms with Crippen LogP contribution in [0.1, 0.15) is 18.4 Å². The number of anilines is 1. The van der Waals surface area contributed by atoms with E-state index >= 15 is 0 Å². The van der Waals surface area contributed by atoms with Crippen molar-refractivity contribution in [2.75, 3.05) is 30.9 Å². The first-order chi connectivity index (χ1) is 11.5. The summed E-state index contributed by atoms with van der Waals surface area (Å²) in [5.74, 6) is 0. The van der Waals surface area contributed by atoms with Crippen molar-refractivity contribution in [2.24, 2.45) is 0 Å². The van der Waals surface area contributed by atoms with E-state index in [4.69, 9.17) is 5.11 Å². The van der Waals surface area contributed by atoms with Gasteiger partial charge in [0.05, 0.1) is 4.90 Å². The highest BCUT2D eigenvalue weighted by Gasteiger charge is 2.17. The molecule has 0 saturated carbocycles. The minimum Gasteiger partial charge on any atom is -0.396 e. The van der Waals surface area contributed by atoms with Gasteiger partial charge in [0.1, 0.15) is 0 Å². The molecule has 0 amide bonds. The van der Waals surface area contributed by atoms with Crippen LogP contribution in [0, 0.1) is 0 Å². The minimum atomic E-state index is -3.17. The number of rotatable bonds is 5. The maximum atomic E-state index is 11.6. The van der Waals surface area contributed by atoms with E-state index in [1.807, 2.05) is 12.1 Å². The Morgan fingerprint density at radius 3 is 2.46 bits per heavy atom. The van der Waals surface area contributed by atoms with Gasteiger partial charge in [-0.3, -0.25) is 0 Å². The summed E-state index contributed by atoms with van der Waals surface area (Å²) in [7, 11) is -3.17. The SMILES string of the molecule is CS(=O)(=O)c1ccc(-c2ccc3c(c2)N(CCCO)CCC3)cc1. The second-order valence-electron chi connectivity index (χ2n) is 6.31. The number of sulfone groups is 1. The lowest BCUT2D eigenvalue weighted by molar-refractivity contribution is 0.289. The molecule has 128 valence electrons. The fourth-order valence-corrected chi connectivity index (χ4v) is 3.85. The predicted molar refractivity (Wildman–Crippen MR) is 97.2 cm³/mol. The number of benzene rings is 2. The molecule has 0 aliphatic carbocycles. The number of hydrogen-bond acceptors (Lipinski definition) is 4. The molecule has 4 nitrogen and oxygen atoms in total. The molecule has 0 radical (unpaired) electrons. The van der Waals surface area contributed by atoms with Gasteiger partial charge in [0.2, 0.25) is 0 Å². The first kappa shape index (κ1) is 17.0. The summed E-state index contributed by atoms with van der Waals surface area (Å²) in [5.41, 5.74) is 4.68. The lowest BCUT2D eigenvalue weighted by Crippen LogP contribution is -2.30. The van der Waals surface area contributed by atoms with Crippen LogP contribution in [-0.2, 0) is 16.3 Å². The number of aliphatic hydroxyl groups excluding tert-OH is 1. The molecule has 0 spiro atoms. The van der Waals surface area contributed by atoms with E-state index in [1.54, 1.807) is 12.1 Å². The molecule has 0 unspecified atom stereocenters. The van der Waals surface area contributed by atoms with Gasteiger partial charge in [0, 0.05) is 31.6 Å². The summed E-state index contributed by atoms with van der Waals surface area (Å²) < 4.78 is 23.2. The van der Waals surface area contributed by atoms with Crippen LogP contribution in [0.3, 0.4) is 0 Å². The molecule has 0 saturated heterocycles. The monoisotopic (exact) mass is 345 g/mol. The van der Waals surface area contributed by atoms with E-state index in [-0.39, 0.29) is 6.61 Å². The van der Waals surface area contributed by atoms with Gasteiger partial charge in [-0.2, -0.15) is 0 Å². The number of aryl methyl sites for hydroxylation is 1. The van der Waals surface area contributed by atoms with Gasteiger partial charge >= 0.3 is 0 Å². The Morgan fingerprint density at radius 2 is 1.79 bits per heavy atom. The topological polar surface area (TPSA) is 57.6 Å². The van der Waals surface area contributed by atoms with Gasteiger partial charge in [-0.15, -0.1) is 0 Å². The number of fused-ring (bicyclic) bond motifs is 1. The fraction of sp³-hybridized carbons (Fsp3) is 0.368. The molecule has 24 heavy (non-hydrogen) atoms. The molecule has 1 aliphatic rings. The quantitative estimate of drug-likeness (QED) is 0.905. The predicted octanol–water partition coefficient (Wildman–Crippen LogP) is 2.89. The van der Waals surface area contributed by atoms with E-state index in [1.165, 1.54) is 17.5 Å². The highest BCUT2D eigenvalue weighted by molar-refractivity contribution is 7.90. The van der Waals surface area contributed by atoms with Crippen molar-refractivity contribution in [2.45, 2.75) is 24.2 Å². The highest BCUT2D eigenvalue weighted by Crippen LogP contribution is 2.32. The van der Waals surface area contributed by atoms with Gasteiger partial charge in [0.25, 0.3) is 0 Å². The average molecular weight is 345 g/mol. The van der Waals surface area contributed by atoms with E-state index in [2.05, 4.69) is 23.1 Å². The molecule has 0 fully saturated rings. The van der Waals surface area contributed by atoms with Crippen LogP contribution >= 0.6 is 0 Å². The van der Waals surface area contributed by atoms with Crippen LogP contribution in [0.2, 0.25) is 0 Å². The smallest absolute Gasteiger partial charge is 0.175 e. The zero-order valence-electron chi connectivity index (χ0n) is 13.9. The Morgan fingerprint density at radius 1 is 1.08 bits per heavy atom. The van der Waals surface area contributed by atoms with Crippen molar-refractivity contribution in [1.29, 1.82) is 0 Å². The molecular weight excluding hydrogens is 322 g/mol. The summed E-state index contributed by atoms with van der Waals surface area (Å²) in [4.78, 5) is 2.68. The lowest BCUT2D eigenvalue weighted by Gasteiger charge is -2.31. The van der Waals surface area contributed by atoms with E-state index in [0.29, 0.717) is 4.90 Å². The van der Waals surface area contributed by atoms with Crippen molar-refractivity contribution in [3.63, 3.8) is 0 Å². The maximum absolute atomic E-state index is 11.6. The largest absolute Gasteiger partial charge is 0.396 e. The zero-order chi connectivity index (χ0) is 17.2. The van der Waals surface area contributed by atoms with Gasteiger partial charge in [-0.25, -0.2) is 8.42 Å². The zero-order valence-corrected chi connectivity index (χ0v) is 14.7. The molecule has 1 heterocycles. The number of aliphatic hydroxyl groups is 1. The number of nitrogens with zero attached hydrogens (tertiary/aromatic N) is 1. The second-order valence-corrected chi connectivity index (χ2v) is 8.32. The van der Waals surface area contributed by atoms with Gasteiger partial charge in [0.15, 0.2) is 9.84 Å². The summed E-state index contributed by atoms with van der Waals surface area (Å²) in [5, 5.41) is 9.09.